The van der Waals surface area contributed by atoms with Crippen LogP contribution >= 0.6 is 15.9 Å². The van der Waals surface area contributed by atoms with Gasteiger partial charge in [-0.15, -0.1) is 0 Å². The molecule has 0 radical (unpaired) electrons. The number of nitrogens with one attached hydrogen (secondary N) is 1. The second-order valence-electron chi connectivity index (χ2n) is 4.46. The maximum Gasteiger partial charge on any atom is 0.120 e. The maximum absolute atomic E-state index is 5.31. The molecule has 1 fully saturated rings. The van der Waals surface area contributed by atoms with Crippen molar-refractivity contribution >= 4 is 15.9 Å². The van der Waals surface area contributed by atoms with E-state index < -0.39 is 0 Å². The van der Waals surface area contributed by atoms with E-state index >= 15 is 0 Å². The Morgan fingerprint density at radius 3 is 2.94 bits per heavy atom. The summed E-state index contributed by atoms with van der Waals surface area (Å²) < 4.78 is 6.46. The molecule has 2 nitrogen and oxygen atoms in total. The fourth-order valence-electron chi connectivity index (χ4n) is 2.24. The highest BCUT2D eigenvalue weighted by molar-refractivity contribution is 9.10. The third-order valence-corrected chi connectivity index (χ3v) is 4.16. The Balaban J connectivity index is 2.20. The van der Waals surface area contributed by atoms with E-state index in [9.17, 15) is 0 Å². The smallest absolute Gasteiger partial charge is 0.120 e. The van der Waals surface area contributed by atoms with Crippen LogP contribution < -0.4 is 10.1 Å². The van der Waals surface area contributed by atoms with Crippen molar-refractivity contribution in [1.82, 2.24) is 5.32 Å². The fourth-order valence-corrected chi connectivity index (χ4v) is 2.72. The first-order chi connectivity index (χ1) is 7.70. The van der Waals surface area contributed by atoms with Gasteiger partial charge in [-0.25, -0.2) is 0 Å². The predicted molar refractivity (Wildman–Crippen MR) is 70.1 cm³/mol. The molecule has 0 saturated carbocycles. The van der Waals surface area contributed by atoms with Crippen molar-refractivity contribution < 1.29 is 4.74 Å². The quantitative estimate of drug-likeness (QED) is 0.921. The van der Waals surface area contributed by atoms with Gasteiger partial charge in [-0.3, -0.25) is 0 Å². The number of benzene rings is 1. The third kappa shape index (κ3) is 2.58. The largest absolute Gasteiger partial charge is 0.497 e. The second kappa shape index (κ2) is 5.19. The molecule has 1 N–H and O–H groups in total. The molecule has 16 heavy (non-hydrogen) atoms. The summed E-state index contributed by atoms with van der Waals surface area (Å²) in [5, 5.41) is 3.41. The summed E-state index contributed by atoms with van der Waals surface area (Å²) in [6.45, 7) is 4.48. The van der Waals surface area contributed by atoms with Crippen LogP contribution in [0.25, 0.3) is 0 Å². The number of rotatable bonds is 3. The second-order valence-corrected chi connectivity index (χ2v) is 5.31. The lowest BCUT2D eigenvalue weighted by Gasteiger charge is -2.14. The molecule has 1 saturated heterocycles. The van der Waals surface area contributed by atoms with Crippen LogP contribution in [0.4, 0.5) is 0 Å². The van der Waals surface area contributed by atoms with Gasteiger partial charge >= 0.3 is 0 Å². The lowest BCUT2D eigenvalue weighted by molar-refractivity contribution is 0.413. The van der Waals surface area contributed by atoms with Crippen LogP contribution in [0.3, 0.4) is 0 Å². The van der Waals surface area contributed by atoms with Crippen molar-refractivity contribution in [3.05, 3.63) is 27.7 Å². The first kappa shape index (κ1) is 11.9. The molecule has 1 unspecified atom stereocenters. The Morgan fingerprint density at radius 1 is 1.50 bits per heavy atom. The molecular formula is C13H18BrNO. The van der Waals surface area contributed by atoms with Crippen molar-refractivity contribution in [3.8, 4) is 5.75 Å². The molecule has 1 aliphatic rings. The minimum atomic E-state index is 0.776. The van der Waals surface area contributed by atoms with Crippen LogP contribution in [0.2, 0.25) is 0 Å². The Kier molecular flexibility index (Phi) is 3.87. The van der Waals surface area contributed by atoms with E-state index in [1.807, 2.05) is 6.07 Å². The van der Waals surface area contributed by atoms with Crippen LogP contribution in [-0.2, 0) is 6.42 Å². The van der Waals surface area contributed by atoms with Gasteiger partial charge in [-0.05, 0) is 62.0 Å². The summed E-state index contributed by atoms with van der Waals surface area (Å²) in [7, 11) is 1.72. The zero-order valence-corrected chi connectivity index (χ0v) is 11.4. The van der Waals surface area contributed by atoms with Crippen molar-refractivity contribution in [2.75, 3.05) is 20.2 Å². The summed E-state index contributed by atoms with van der Waals surface area (Å²) >= 11 is 3.59. The molecule has 2 rings (SSSR count). The Hall–Kier alpha value is -0.540. The van der Waals surface area contributed by atoms with Crippen molar-refractivity contribution in [2.24, 2.45) is 5.92 Å². The van der Waals surface area contributed by atoms with Gasteiger partial charge in [-0.2, -0.15) is 0 Å². The van der Waals surface area contributed by atoms with Crippen molar-refractivity contribution in [1.29, 1.82) is 0 Å². The highest BCUT2D eigenvalue weighted by Gasteiger charge is 2.17. The van der Waals surface area contributed by atoms with Crippen LogP contribution in [0.15, 0.2) is 16.6 Å². The van der Waals surface area contributed by atoms with E-state index in [1.54, 1.807) is 7.11 Å². The number of methoxy groups -OCH3 is 1. The Morgan fingerprint density at radius 2 is 2.31 bits per heavy atom. The highest BCUT2D eigenvalue weighted by atomic mass is 79.9. The minimum absolute atomic E-state index is 0.776. The third-order valence-electron chi connectivity index (χ3n) is 3.33. The van der Waals surface area contributed by atoms with Crippen molar-refractivity contribution in [2.45, 2.75) is 19.8 Å². The van der Waals surface area contributed by atoms with E-state index in [0.29, 0.717) is 0 Å². The van der Waals surface area contributed by atoms with Crippen LogP contribution in [0, 0.1) is 12.8 Å². The molecule has 0 aromatic heterocycles. The number of hydrogen-bond acceptors (Lipinski definition) is 2. The van der Waals surface area contributed by atoms with Gasteiger partial charge in [0.25, 0.3) is 0 Å². The Labute approximate surface area is 106 Å². The first-order valence-corrected chi connectivity index (χ1v) is 6.53. The predicted octanol–water partition coefficient (Wildman–Crippen LogP) is 2.92. The van der Waals surface area contributed by atoms with E-state index in [1.165, 1.54) is 17.5 Å². The van der Waals surface area contributed by atoms with Gasteiger partial charge in [0.15, 0.2) is 0 Å². The van der Waals surface area contributed by atoms with E-state index in [-0.39, 0.29) is 0 Å². The topological polar surface area (TPSA) is 21.3 Å². The SMILES string of the molecule is COc1cc(Br)c(C)c(CC2CCNC2)c1. The first-order valence-electron chi connectivity index (χ1n) is 5.74. The summed E-state index contributed by atoms with van der Waals surface area (Å²) in [5.74, 6) is 1.72. The average molecular weight is 284 g/mol. The fraction of sp³-hybridized carbons (Fsp3) is 0.538. The molecular weight excluding hydrogens is 266 g/mol. The summed E-state index contributed by atoms with van der Waals surface area (Å²) in [4.78, 5) is 0. The molecule has 1 aromatic carbocycles. The van der Waals surface area contributed by atoms with Gasteiger partial charge in [0.2, 0.25) is 0 Å². The monoisotopic (exact) mass is 283 g/mol. The lowest BCUT2D eigenvalue weighted by atomic mass is 9.95. The summed E-state index contributed by atoms with van der Waals surface area (Å²) in [5.41, 5.74) is 2.74. The summed E-state index contributed by atoms with van der Waals surface area (Å²) in [6.07, 6.45) is 2.43. The molecule has 0 aliphatic carbocycles. The average Bonchev–Trinajstić information content (AvgIpc) is 2.77. The highest BCUT2D eigenvalue weighted by Crippen LogP contribution is 2.29. The minimum Gasteiger partial charge on any atom is -0.497 e. The lowest BCUT2D eigenvalue weighted by Crippen LogP contribution is -2.11. The molecule has 3 heteroatoms. The van der Waals surface area contributed by atoms with Gasteiger partial charge < -0.3 is 10.1 Å². The van der Waals surface area contributed by atoms with Crippen molar-refractivity contribution in [3.63, 3.8) is 0 Å². The zero-order chi connectivity index (χ0) is 11.5. The number of ether oxygens (including phenoxy) is 1. The molecule has 1 aliphatic heterocycles. The molecule has 1 aromatic rings. The molecule has 0 amide bonds. The van der Waals surface area contributed by atoms with E-state index in [0.717, 1.165) is 35.7 Å². The maximum atomic E-state index is 5.31. The zero-order valence-electron chi connectivity index (χ0n) is 9.85. The van der Waals surface area contributed by atoms with Crippen LogP contribution in [-0.4, -0.2) is 20.2 Å². The molecule has 88 valence electrons. The van der Waals surface area contributed by atoms with Gasteiger partial charge in [0, 0.05) is 4.47 Å². The number of halogens is 1. The number of hydrogen-bond donors (Lipinski definition) is 1. The standard InChI is InChI=1S/C13H18BrNO/c1-9-11(5-10-3-4-15-8-10)6-12(16-2)7-13(9)14/h6-7,10,15H,3-5,8H2,1-2H3. The molecule has 1 heterocycles. The van der Waals surface area contributed by atoms with Gasteiger partial charge in [0.1, 0.15) is 5.75 Å². The Bertz CT molecular complexity index is 372. The van der Waals surface area contributed by atoms with Gasteiger partial charge in [0.05, 0.1) is 7.11 Å². The van der Waals surface area contributed by atoms with E-state index in [2.05, 4.69) is 34.2 Å². The molecule has 0 bridgehead atoms. The molecule has 0 spiro atoms. The molecule has 1 atom stereocenters. The van der Waals surface area contributed by atoms with Crippen LogP contribution in [0.1, 0.15) is 17.5 Å². The normalized spacial score (nSPS) is 20.1. The van der Waals surface area contributed by atoms with Gasteiger partial charge in [-0.1, -0.05) is 15.9 Å². The summed E-state index contributed by atoms with van der Waals surface area (Å²) in [6, 6.07) is 4.20. The van der Waals surface area contributed by atoms with Crippen LogP contribution in [0.5, 0.6) is 5.75 Å². The van der Waals surface area contributed by atoms with E-state index in [4.69, 9.17) is 4.74 Å².